The number of aryl methyl sites for hydroxylation is 1. The maximum absolute atomic E-state index is 12.9. The molecule has 4 bridgehead atoms. The quantitative estimate of drug-likeness (QED) is 0.444. The van der Waals surface area contributed by atoms with Crippen LogP contribution in [-0.4, -0.2) is 22.1 Å². The van der Waals surface area contributed by atoms with Crippen LogP contribution in [-0.2, 0) is 16.6 Å². The van der Waals surface area contributed by atoms with Crippen LogP contribution in [0.5, 0.6) is 5.75 Å². The third-order valence-corrected chi connectivity index (χ3v) is 7.30. The highest BCUT2D eigenvalue weighted by Gasteiger charge is 2.60. The average Bonchev–Trinajstić information content (AvgIpc) is 3.62. The van der Waals surface area contributed by atoms with Crippen molar-refractivity contribution in [1.82, 2.24) is 15.3 Å². The number of nitrogens with one attached hydrogen (secondary N) is 2. The number of anilines is 1. The third-order valence-electron chi connectivity index (χ3n) is 7.30. The minimum absolute atomic E-state index is 0.0394. The summed E-state index contributed by atoms with van der Waals surface area (Å²) in [5.74, 6) is 2.36. The van der Waals surface area contributed by atoms with Gasteiger partial charge in [-0.05, 0) is 35.6 Å². The molecule has 3 aliphatic heterocycles. The van der Waals surface area contributed by atoms with E-state index in [4.69, 9.17) is 18.6 Å². The Kier molecular flexibility index (Phi) is 4.19. The zero-order valence-corrected chi connectivity index (χ0v) is 19.4. The van der Waals surface area contributed by atoms with Gasteiger partial charge >= 0.3 is 0 Å². The second-order valence-corrected chi connectivity index (χ2v) is 9.71. The fourth-order valence-corrected chi connectivity index (χ4v) is 5.64. The van der Waals surface area contributed by atoms with E-state index in [0.717, 1.165) is 28.1 Å². The van der Waals surface area contributed by atoms with Crippen LogP contribution in [0.15, 0.2) is 63.9 Å². The van der Waals surface area contributed by atoms with Gasteiger partial charge in [-0.1, -0.05) is 44.2 Å². The molecule has 0 saturated carbocycles. The highest BCUT2D eigenvalue weighted by molar-refractivity contribution is 5.78. The first-order chi connectivity index (χ1) is 17.1. The molecule has 2 aromatic carbocycles. The Hall–Kier alpha value is -4.07. The normalized spacial score (nSPS) is 24.0. The smallest absolute Gasteiger partial charge is 0.220 e. The van der Waals surface area contributed by atoms with Gasteiger partial charge in [-0.3, -0.25) is 4.79 Å². The van der Waals surface area contributed by atoms with Crippen LogP contribution in [0.2, 0.25) is 0 Å². The molecule has 5 heterocycles. The van der Waals surface area contributed by atoms with Crippen LogP contribution in [0.4, 0.5) is 5.69 Å². The molecule has 1 amide bonds. The molecule has 0 saturated heterocycles. The van der Waals surface area contributed by atoms with Gasteiger partial charge < -0.3 is 24.2 Å². The molecule has 7 rings (SSSR count). The molecule has 4 aromatic rings. The molecule has 176 valence electrons. The summed E-state index contributed by atoms with van der Waals surface area (Å²) in [6.07, 6.45) is 3.59. The minimum Gasteiger partial charge on any atom is -0.469 e. The molecule has 8 nitrogen and oxygen atoms in total. The first kappa shape index (κ1) is 20.3. The molecule has 8 heteroatoms. The van der Waals surface area contributed by atoms with E-state index in [0.29, 0.717) is 35.9 Å². The number of oxazole rings is 2. The van der Waals surface area contributed by atoms with Gasteiger partial charge in [0.1, 0.15) is 17.2 Å². The average molecular weight is 469 g/mol. The second kappa shape index (κ2) is 7.21. The molecule has 3 atom stereocenters. The van der Waals surface area contributed by atoms with Gasteiger partial charge in [0.2, 0.25) is 11.8 Å². The maximum atomic E-state index is 12.9. The van der Waals surface area contributed by atoms with E-state index in [1.165, 1.54) is 6.39 Å². The lowest BCUT2D eigenvalue weighted by Crippen LogP contribution is -2.40. The number of hydrogen-bond acceptors (Lipinski definition) is 7. The van der Waals surface area contributed by atoms with Gasteiger partial charge in [-0.15, -0.1) is 0 Å². The molecule has 0 radical (unpaired) electrons. The third kappa shape index (κ3) is 2.76. The van der Waals surface area contributed by atoms with Crippen LogP contribution in [0.1, 0.15) is 54.7 Å². The van der Waals surface area contributed by atoms with Crippen LogP contribution >= 0.6 is 0 Å². The summed E-state index contributed by atoms with van der Waals surface area (Å²) in [6.45, 7) is 4.09. The summed E-state index contributed by atoms with van der Waals surface area (Å²) in [5.41, 5.74) is 3.85. The van der Waals surface area contributed by atoms with Crippen molar-refractivity contribution in [2.24, 2.45) is 5.92 Å². The summed E-state index contributed by atoms with van der Waals surface area (Å²) < 4.78 is 18.9. The van der Waals surface area contributed by atoms with Crippen molar-refractivity contribution in [1.29, 1.82) is 0 Å². The molecule has 3 unspecified atom stereocenters. The minimum atomic E-state index is -0.792. The van der Waals surface area contributed by atoms with E-state index in [1.54, 1.807) is 6.20 Å². The monoisotopic (exact) mass is 468 g/mol. The van der Waals surface area contributed by atoms with Crippen molar-refractivity contribution >= 4 is 11.6 Å². The Bertz CT molecular complexity index is 1460. The molecule has 0 aliphatic carbocycles. The van der Waals surface area contributed by atoms with Gasteiger partial charge in [0.15, 0.2) is 29.8 Å². The van der Waals surface area contributed by atoms with E-state index in [2.05, 4.69) is 27.8 Å². The van der Waals surface area contributed by atoms with Gasteiger partial charge in [0, 0.05) is 17.7 Å². The number of benzene rings is 2. The molecule has 35 heavy (non-hydrogen) atoms. The molecular formula is C27H24N4O4. The van der Waals surface area contributed by atoms with E-state index < -0.39 is 17.7 Å². The molecule has 2 aromatic heterocycles. The Morgan fingerprint density at radius 1 is 1.09 bits per heavy atom. The largest absolute Gasteiger partial charge is 0.469 e. The first-order valence-electron chi connectivity index (χ1n) is 11.9. The van der Waals surface area contributed by atoms with E-state index >= 15 is 0 Å². The topological polar surface area (TPSA) is 102 Å². The first-order valence-corrected chi connectivity index (χ1v) is 11.9. The van der Waals surface area contributed by atoms with Crippen molar-refractivity contribution < 1.29 is 18.4 Å². The van der Waals surface area contributed by atoms with E-state index in [1.807, 2.05) is 44.2 Å². The zero-order chi connectivity index (χ0) is 23.7. The van der Waals surface area contributed by atoms with Crippen LogP contribution in [0.3, 0.4) is 0 Å². The van der Waals surface area contributed by atoms with Gasteiger partial charge in [0.25, 0.3) is 0 Å². The summed E-state index contributed by atoms with van der Waals surface area (Å²) in [4.78, 5) is 21.9. The molecule has 1 spiro atoms. The molecule has 0 fully saturated rings. The highest BCUT2D eigenvalue weighted by atomic mass is 16.5. The molecule has 3 aliphatic rings. The summed E-state index contributed by atoms with van der Waals surface area (Å²) in [7, 11) is 0. The lowest BCUT2D eigenvalue weighted by molar-refractivity contribution is -0.122. The van der Waals surface area contributed by atoms with Crippen molar-refractivity contribution in [2.45, 2.75) is 44.4 Å². The lowest BCUT2D eigenvalue weighted by Gasteiger charge is -2.27. The fraction of sp³-hybridized carbons (Fsp3) is 0.296. The predicted molar refractivity (Wildman–Crippen MR) is 127 cm³/mol. The van der Waals surface area contributed by atoms with E-state index in [-0.39, 0.29) is 11.8 Å². The number of aromatic nitrogens is 2. The molecule has 2 N–H and O–H groups in total. The van der Waals surface area contributed by atoms with Crippen LogP contribution < -0.4 is 15.4 Å². The van der Waals surface area contributed by atoms with Crippen LogP contribution in [0.25, 0.3) is 11.5 Å². The molecular weight excluding hydrogens is 444 g/mol. The number of nitrogens with zero attached hydrogens (tertiary/aromatic N) is 2. The van der Waals surface area contributed by atoms with Crippen LogP contribution in [0, 0.1) is 5.92 Å². The van der Waals surface area contributed by atoms with E-state index in [9.17, 15) is 4.79 Å². The number of carbonyl (C=O) groups excluding carboxylic acids is 1. The predicted octanol–water partition coefficient (Wildman–Crippen LogP) is 4.57. The number of amides is 1. The highest BCUT2D eigenvalue weighted by Crippen LogP contribution is 2.59. The number of hydrogen-bond donors (Lipinski definition) is 2. The number of para-hydroxylation sites is 1. The van der Waals surface area contributed by atoms with Crippen molar-refractivity contribution in [3.8, 4) is 17.2 Å². The van der Waals surface area contributed by atoms with Gasteiger partial charge in [-0.2, -0.15) is 0 Å². The summed E-state index contributed by atoms with van der Waals surface area (Å²) in [6, 6.07) is 13.9. The SMILES string of the molecule is CC(C)C1NC(=O)CCc2ccc3c(c2)C2(c4ccccc4NC2O3)c2oc1nc2-c1cnco1. The van der Waals surface area contributed by atoms with Gasteiger partial charge in [0.05, 0.1) is 6.20 Å². The standard InChI is InChI=1S/C27H24N4O4/c1-14(2)22-25-31-23(20-12-28-13-33-20)24(35-25)27-16-5-3-4-6-18(16)29-26(27)34-19-9-7-15(11-17(19)27)8-10-21(32)30-22/h3-7,9,11-14,22,26,29H,8,10H2,1-2H3,(H,30,32). The summed E-state index contributed by atoms with van der Waals surface area (Å²) in [5, 5.41) is 6.71. The maximum Gasteiger partial charge on any atom is 0.220 e. The van der Waals surface area contributed by atoms with Crippen molar-refractivity contribution in [3.63, 3.8) is 0 Å². The zero-order valence-electron chi connectivity index (χ0n) is 19.4. The Morgan fingerprint density at radius 3 is 2.80 bits per heavy atom. The summed E-state index contributed by atoms with van der Waals surface area (Å²) >= 11 is 0. The number of fused-ring (bicyclic) bond motifs is 4. The Morgan fingerprint density at radius 2 is 1.97 bits per heavy atom. The van der Waals surface area contributed by atoms with Crippen molar-refractivity contribution in [2.75, 3.05) is 5.32 Å². The van der Waals surface area contributed by atoms with Crippen molar-refractivity contribution in [3.05, 3.63) is 83.4 Å². The second-order valence-electron chi connectivity index (χ2n) is 9.71. The lowest BCUT2D eigenvalue weighted by atomic mass is 9.72. The fourth-order valence-electron chi connectivity index (χ4n) is 5.64. The Balaban J connectivity index is 1.59. The number of rotatable bonds is 2. The Labute approximate surface area is 201 Å². The number of ether oxygens (including phenoxy) is 1. The number of carbonyl (C=O) groups is 1. The van der Waals surface area contributed by atoms with Gasteiger partial charge in [-0.25, -0.2) is 9.97 Å².